The number of rotatable bonds is 4. The van der Waals surface area contributed by atoms with E-state index in [0.717, 1.165) is 22.4 Å². The quantitative estimate of drug-likeness (QED) is 0.452. The highest BCUT2D eigenvalue weighted by atomic mass is 16.3. The number of aryl methyl sites for hydroxylation is 3. The molecule has 0 unspecified atom stereocenters. The lowest BCUT2D eigenvalue weighted by atomic mass is 9.91. The van der Waals surface area contributed by atoms with E-state index in [1.54, 1.807) is 6.92 Å². The minimum Gasteiger partial charge on any atom is -0.391 e. The number of aromatic amines is 2. The van der Waals surface area contributed by atoms with Crippen LogP contribution < -0.4 is 11.2 Å². The topological polar surface area (TPSA) is 144 Å². The van der Waals surface area contributed by atoms with Crippen molar-refractivity contribution >= 4 is 16.9 Å². The summed E-state index contributed by atoms with van der Waals surface area (Å²) >= 11 is 0. The first kappa shape index (κ1) is 22.9. The Kier molecular flexibility index (Phi) is 5.98. The Morgan fingerprint density at radius 1 is 1.24 bits per heavy atom. The lowest BCUT2D eigenvalue weighted by Gasteiger charge is -2.34. The number of fused-ring (bicyclic) bond motifs is 1. The maximum atomic E-state index is 13.1. The first-order valence-corrected chi connectivity index (χ1v) is 11.0. The fourth-order valence-corrected chi connectivity index (χ4v) is 4.57. The monoisotopic (exact) mass is 455 g/mol. The van der Waals surface area contributed by atoms with Gasteiger partial charge in [-0.3, -0.25) is 19.1 Å². The lowest BCUT2D eigenvalue weighted by Crippen LogP contribution is -2.47. The smallest absolute Gasteiger partial charge is 0.328 e. The van der Waals surface area contributed by atoms with Gasteiger partial charge < -0.3 is 20.1 Å². The number of aromatic nitrogens is 4. The normalized spacial score (nSPS) is 23.6. The van der Waals surface area contributed by atoms with Gasteiger partial charge in [0.1, 0.15) is 5.82 Å². The molecule has 1 amide bonds. The maximum Gasteiger partial charge on any atom is 0.328 e. The molecule has 0 radical (unpaired) electrons. The molecule has 0 spiro atoms. The van der Waals surface area contributed by atoms with Crippen molar-refractivity contribution in [2.75, 3.05) is 13.1 Å². The van der Waals surface area contributed by atoms with Crippen LogP contribution in [-0.2, 0) is 11.2 Å². The van der Waals surface area contributed by atoms with Crippen LogP contribution in [0.3, 0.4) is 0 Å². The first-order valence-electron chi connectivity index (χ1n) is 11.0. The van der Waals surface area contributed by atoms with Gasteiger partial charge in [-0.1, -0.05) is 6.07 Å². The molecule has 3 atom stereocenters. The van der Waals surface area contributed by atoms with Crippen molar-refractivity contribution in [1.29, 1.82) is 0 Å². The minimum absolute atomic E-state index is 0.0120. The number of hydrogen-bond donors (Lipinski definition) is 4. The number of benzene rings is 1. The maximum absolute atomic E-state index is 13.1. The van der Waals surface area contributed by atoms with Gasteiger partial charge in [0.25, 0.3) is 5.56 Å². The minimum atomic E-state index is -1.47. The van der Waals surface area contributed by atoms with Crippen LogP contribution in [0, 0.1) is 13.8 Å². The van der Waals surface area contributed by atoms with Gasteiger partial charge in [0, 0.05) is 37.7 Å². The van der Waals surface area contributed by atoms with Gasteiger partial charge in [-0.2, -0.15) is 0 Å². The van der Waals surface area contributed by atoms with Gasteiger partial charge >= 0.3 is 5.69 Å². The summed E-state index contributed by atoms with van der Waals surface area (Å²) in [6.07, 6.45) is 1.14. The zero-order valence-electron chi connectivity index (χ0n) is 19.0. The molecule has 1 aromatic carbocycles. The second-order valence-electron chi connectivity index (χ2n) is 9.18. The third-order valence-corrected chi connectivity index (χ3v) is 6.32. The number of nitrogens with one attached hydrogen (secondary N) is 2. The number of nitrogens with zero attached hydrogens (tertiary/aromatic N) is 3. The Balaban J connectivity index is 1.55. The van der Waals surface area contributed by atoms with Crippen LogP contribution in [0.1, 0.15) is 42.8 Å². The average Bonchev–Trinajstić information content (AvgIpc) is 3.05. The molecule has 0 aliphatic carbocycles. The van der Waals surface area contributed by atoms with Gasteiger partial charge in [-0.25, -0.2) is 9.78 Å². The number of β-amino-alcohol motifs (C(OH)–C–C–N with tert-alkyl or cyclic N) is 1. The zero-order chi connectivity index (χ0) is 23.9. The standard InChI is InChI=1S/C23H29N5O5/c1-13-10-28(22(32)26-21(13)31)19-12-27(11-16(29)9-23(19,3)33)20(30)7-5-15-4-6-17-18(8-15)25-14(2)24-17/h4,6,8,10,16,19,29,33H,5,7,9,11-12H2,1-3H3,(H,24,25)(H,26,31,32)/t16-,19+,23+/m1/s1. The molecule has 10 nitrogen and oxygen atoms in total. The summed E-state index contributed by atoms with van der Waals surface area (Å²) in [6.45, 7) is 5.07. The summed E-state index contributed by atoms with van der Waals surface area (Å²) in [4.78, 5) is 48.7. The molecule has 4 rings (SSSR count). The number of carbonyl (C=O) groups excluding carboxylic acids is 1. The molecular weight excluding hydrogens is 426 g/mol. The van der Waals surface area contributed by atoms with E-state index in [4.69, 9.17) is 0 Å². The fraction of sp³-hybridized carbons (Fsp3) is 0.478. The molecule has 0 saturated carbocycles. The van der Waals surface area contributed by atoms with Crippen LogP contribution in [0.25, 0.3) is 11.0 Å². The van der Waals surface area contributed by atoms with Crippen molar-refractivity contribution in [2.24, 2.45) is 0 Å². The van der Waals surface area contributed by atoms with Crippen molar-refractivity contribution in [2.45, 2.75) is 57.8 Å². The highest BCUT2D eigenvalue weighted by Crippen LogP contribution is 2.31. The number of hydrogen-bond acceptors (Lipinski definition) is 6. The highest BCUT2D eigenvalue weighted by Gasteiger charge is 2.41. The highest BCUT2D eigenvalue weighted by molar-refractivity contribution is 5.78. The van der Waals surface area contributed by atoms with Crippen LogP contribution in [0.4, 0.5) is 0 Å². The molecule has 176 valence electrons. The fourth-order valence-electron chi connectivity index (χ4n) is 4.57. The Hall–Kier alpha value is -3.24. The molecule has 1 aliphatic rings. The van der Waals surface area contributed by atoms with Gasteiger partial charge in [-0.15, -0.1) is 0 Å². The number of imidazole rings is 1. The van der Waals surface area contributed by atoms with Crippen molar-refractivity contribution in [3.05, 3.63) is 62.2 Å². The van der Waals surface area contributed by atoms with Crippen LogP contribution in [0.15, 0.2) is 34.0 Å². The predicted molar refractivity (Wildman–Crippen MR) is 122 cm³/mol. The zero-order valence-corrected chi connectivity index (χ0v) is 19.0. The van der Waals surface area contributed by atoms with Gasteiger partial charge in [-0.05, 0) is 44.9 Å². The van der Waals surface area contributed by atoms with Crippen molar-refractivity contribution < 1.29 is 15.0 Å². The summed E-state index contributed by atoms with van der Waals surface area (Å²) in [5, 5.41) is 21.5. The molecule has 0 bridgehead atoms. The largest absolute Gasteiger partial charge is 0.391 e. The third-order valence-electron chi connectivity index (χ3n) is 6.32. The number of amides is 1. The Bertz CT molecular complexity index is 1300. The Morgan fingerprint density at radius 3 is 2.76 bits per heavy atom. The van der Waals surface area contributed by atoms with Crippen molar-refractivity contribution in [1.82, 2.24) is 24.4 Å². The summed E-state index contributed by atoms with van der Waals surface area (Å²) in [7, 11) is 0. The Labute approximate surface area is 189 Å². The lowest BCUT2D eigenvalue weighted by molar-refractivity contribution is -0.132. The van der Waals surface area contributed by atoms with E-state index in [2.05, 4.69) is 15.0 Å². The van der Waals surface area contributed by atoms with E-state index in [-0.39, 0.29) is 31.8 Å². The number of H-pyrrole nitrogens is 2. The summed E-state index contributed by atoms with van der Waals surface area (Å²) < 4.78 is 1.25. The number of carbonyl (C=O) groups is 1. The van der Waals surface area contributed by atoms with E-state index in [1.165, 1.54) is 22.6 Å². The number of likely N-dealkylation sites (tertiary alicyclic amines) is 1. The molecule has 33 heavy (non-hydrogen) atoms. The average molecular weight is 456 g/mol. The second kappa shape index (κ2) is 8.60. The molecule has 1 saturated heterocycles. The Morgan fingerprint density at radius 2 is 2.00 bits per heavy atom. The molecule has 1 aliphatic heterocycles. The summed E-state index contributed by atoms with van der Waals surface area (Å²) in [5.74, 6) is 0.634. The van der Waals surface area contributed by atoms with E-state index in [9.17, 15) is 24.6 Å². The first-order chi connectivity index (χ1) is 15.5. The van der Waals surface area contributed by atoms with Crippen molar-refractivity contribution in [3.63, 3.8) is 0 Å². The molecular formula is C23H29N5O5. The summed E-state index contributed by atoms with van der Waals surface area (Å²) in [5.41, 5.74) is 0.441. The second-order valence-corrected chi connectivity index (χ2v) is 9.18. The number of aliphatic hydroxyl groups excluding tert-OH is 1. The molecule has 10 heteroatoms. The van der Waals surface area contributed by atoms with E-state index >= 15 is 0 Å². The van der Waals surface area contributed by atoms with E-state index < -0.39 is 29.0 Å². The van der Waals surface area contributed by atoms with Gasteiger partial charge in [0.15, 0.2) is 0 Å². The van der Waals surface area contributed by atoms with Crippen LogP contribution in [0.2, 0.25) is 0 Å². The van der Waals surface area contributed by atoms with Crippen LogP contribution in [0.5, 0.6) is 0 Å². The van der Waals surface area contributed by atoms with Crippen LogP contribution in [-0.4, -0.2) is 65.3 Å². The van der Waals surface area contributed by atoms with Gasteiger partial charge in [0.2, 0.25) is 5.91 Å². The SMILES string of the molecule is Cc1nc2ccc(CCC(=O)N3C[C@H](O)C[C@](C)(O)[C@@H](n4cc(C)c(=O)[nH]c4=O)C3)cc2[nH]1. The summed E-state index contributed by atoms with van der Waals surface area (Å²) in [6, 6.07) is 4.98. The number of aliphatic hydroxyl groups is 2. The third kappa shape index (κ3) is 4.76. The molecule has 3 aromatic rings. The molecule has 1 fully saturated rings. The van der Waals surface area contributed by atoms with E-state index in [1.807, 2.05) is 25.1 Å². The predicted octanol–water partition coefficient (Wildman–Crippen LogP) is 0.548. The van der Waals surface area contributed by atoms with Crippen LogP contribution >= 0.6 is 0 Å². The molecule has 4 N–H and O–H groups in total. The molecule has 2 aromatic heterocycles. The van der Waals surface area contributed by atoms with E-state index in [0.29, 0.717) is 12.0 Å². The van der Waals surface area contributed by atoms with Crippen molar-refractivity contribution in [3.8, 4) is 0 Å². The molecule has 3 heterocycles. The van der Waals surface area contributed by atoms with Gasteiger partial charge in [0.05, 0.1) is 28.8 Å².